The zero-order chi connectivity index (χ0) is 19.0. The molecule has 2 aliphatic rings. The Hall–Kier alpha value is -1.69. The van der Waals surface area contributed by atoms with Crippen molar-refractivity contribution in [2.45, 2.75) is 59.3 Å². The van der Waals surface area contributed by atoms with E-state index in [1.165, 1.54) is 33.5 Å². The third-order valence-corrected chi connectivity index (χ3v) is 7.04. The molecule has 1 fully saturated rings. The Morgan fingerprint density at radius 1 is 1.19 bits per heavy atom. The molecule has 1 aliphatic carbocycles. The lowest BCUT2D eigenvalue weighted by atomic mass is 9.89. The predicted molar refractivity (Wildman–Crippen MR) is 112 cm³/mol. The van der Waals surface area contributed by atoms with Gasteiger partial charge in [0.25, 0.3) is 0 Å². The molecule has 3 heterocycles. The average Bonchev–Trinajstić information content (AvgIpc) is 3.04. The van der Waals surface area contributed by atoms with Crippen LogP contribution in [0.15, 0.2) is 0 Å². The number of hydrogen-bond donors (Lipinski definition) is 0. The summed E-state index contributed by atoms with van der Waals surface area (Å²) >= 11 is 1.89. The number of amides is 1. The maximum atomic E-state index is 12.0. The molecule has 0 spiro atoms. The fourth-order valence-electron chi connectivity index (χ4n) is 4.32. The van der Waals surface area contributed by atoms with Crippen molar-refractivity contribution in [3.63, 3.8) is 0 Å². The molecular formula is C21H30N4OS. The first kappa shape index (κ1) is 18.7. The number of aryl methyl sites for hydroxylation is 2. The summed E-state index contributed by atoms with van der Waals surface area (Å²) in [7, 11) is 0. The third kappa shape index (κ3) is 3.56. The molecule has 1 amide bonds. The van der Waals surface area contributed by atoms with Crippen LogP contribution in [-0.2, 0) is 24.1 Å². The van der Waals surface area contributed by atoms with Gasteiger partial charge in [0.15, 0.2) is 0 Å². The average molecular weight is 387 g/mol. The van der Waals surface area contributed by atoms with Gasteiger partial charge < -0.3 is 9.80 Å². The van der Waals surface area contributed by atoms with E-state index in [2.05, 4.69) is 18.7 Å². The molecule has 27 heavy (non-hydrogen) atoms. The van der Waals surface area contributed by atoms with E-state index in [1.54, 1.807) is 0 Å². The number of thiophene rings is 1. The van der Waals surface area contributed by atoms with Crippen molar-refractivity contribution in [2.24, 2.45) is 5.92 Å². The quantitative estimate of drug-likeness (QED) is 0.801. The normalized spacial score (nSPS) is 20.2. The van der Waals surface area contributed by atoms with Crippen molar-refractivity contribution in [3.05, 3.63) is 16.3 Å². The fourth-order valence-corrected chi connectivity index (χ4v) is 5.72. The molecule has 6 heteroatoms. The van der Waals surface area contributed by atoms with Crippen LogP contribution >= 0.6 is 11.3 Å². The van der Waals surface area contributed by atoms with Crippen LogP contribution in [0.3, 0.4) is 0 Å². The Morgan fingerprint density at radius 2 is 1.96 bits per heavy atom. The molecule has 146 valence electrons. The van der Waals surface area contributed by atoms with Gasteiger partial charge in [0.05, 0.1) is 5.39 Å². The minimum atomic E-state index is 0.260. The molecule has 0 N–H and O–H groups in total. The highest BCUT2D eigenvalue weighted by molar-refractivity contribution is 7.19. The highest BCUT2D eigenvalue weighted by Gasteiger charge is 2.28. The van der Waals surface area contributed by atoms with Gasteiger partial charge in [-0.3, -0.25) is 4.79 Å². The Kier molecular flexibility index (Phi) is 5.35. The number of piperazine rings is 1. The number of anilines is 1. The Morgan fingerprint density at radius 3 is 2.67 bits per heavy atom. The van der Waals surface area contributed by atoms with Crippen molar-refractivity contribution in [3.8, 4) is 0 Å². The van der Waals surface area contributed by atoms with E-state index < -0.39 is 0 Å². The third-order valence-electron chi connectivity index (χ3n) is 5.89. The van der Waals surface area contributed by atoms with Crippen molar-refractivity contribution in [1.29, 1.82) is 0 Å². The SMILES string of the molecule is CCCc1nc(N2CCN(C(=O)CC)CC2)c2c3c(sc2n1)C[C@@H](C)CC3. The Labute approximate surface area is 165 Å². The van der Waals surface area contributed by atoms with Gasteiger partial charge in [0, 0.05) is 43.9 Å². The van der Waals surface area contributed by atoms with Gasteiger partial charge in [-0.25, -0.2) is 9.97 Å². The van der Waals surface area contributed by atoms with Crippen LogP contribution in [0.4, 0.5) is 5.82 Å². The molecule has 0 saturated carbocycles. The van der Waals surface area contributed by atoms with E-state index in [0.29, 0.717) is 6.42 Å². The molecule has 1 aliphatic heterocycles. The second-order valence-corrected chi connectivity index (χ2v) is 9.05. The first-order valence-electron chi connectivity index (χ1n) is 10.4. The molecule has 2 aromatic rings. The largest absolute Gasteiger partial charge is 0.352 e. The second kappa shape index (κ2) is 7.74. The van der Waals surface area contributed by atoms with Gasteiger partial charge in [-0.15, -0.1) is 11.3 Å². The monoisotopic (exact) mass is 386 g/mol. The number of fused-ring (bicyclic) bond motifs is 3. The first-order chi connectivity index (χ1) is 13.1. The molecule has 5 nitrogen and oxygen atoms in total. The molecule has 2 aromatic heterocycles. The maximum Gasteiger partial charge on any atom is 0.222 e. The summed E-state index contributed by atoms with van der Waals surface area (Å²) in [5, 5.41) is 1.30. The summed E-state index contributed by atoms with van der Waals surface area (Å²) in [4.78, 5) is 29.1. The standard InChI is InChI=1S/C21H30N4OS/c1-4-6-17-22-20(25-11-9-24(10-12-25)18(26)5-2)19-15-8-7-14(3)13-16(15)27-21(19)23-17/h14H,4-13H2,1-3H3/t14-/m0/s1. The van der Waals surface area contributed by atoms with Gasteiger partial charge in [0.1, 0.15) is 16.5 Å². The lowest BCUT2D eigenvalue weighted by Gasteiger charge is -2.36. The smallest absolute Gasteiger partial charge is 0.222 e. The van der Waals surface area contributed by atoms with E-state index in [-0.39, 0.29) is 5.91 Å². The zero-order valence-electron chi connectivity index (χ0n) is 16.8. The predicted octanol–water partition coefficient (Wildman–Crippen LogP) is 3.83. The van der Waals surface area contributed by atoms with Crippen molar-refractivity contribution < 1.29 is 4.79 Å². The van der Waals surface area contributed by atoms with E-state index >= 15 is 0 Å². The van der Waals surface area contributed by atoms with Gasteiger partial charge in [-0.1, -0.05) is 20.8 Å². The topological polar surface area (TPSA) is 49.3 Å². The molecule has 0 unspecified atom stereocenters. The minimum absolute atomic E-state index is 0.260. The van der Waals surface area contributed by atoms with Gasteiger partial charge in [-0.05, 0) is 37.2 Å². The van der Waals surface area contributed by atoms with E-state index in [1.807, 2.05) is 23.2 Å². The summed E-state index contributed by atoms with van der Waals surface area (Å²) in [6, 6.07) is 0. The lowest BCUT2D eigenvalue weighted by molar-refractivity contribution is -0.131. The summed E-state index contributed by atoms with van der Waals surface area (Å²) in [5.41, 5.74) is 1.50. The molecule has 1 atom stereocenters. The molecule has 0 radical (unpaired) electrons. The summed E-state index contributed by atoms with van der Waals surface area (Å²) in [5.74, 6) is 3.12. The number of carbonyl (C=O) groups excluding carboxylic acids is 1. The molecule has 4 rings (SSSR count). The number of carbonyl (C=O) groups is 1. The van der Waals surface area contributed by atoms with Crippen molar-refractivity contribution >= 4 is 33.3 Å². The van der Waals surface area contributed by atoms with Crippen LogP contribution in [-0.4, -0.2) is 47.0 Å². The molecule has 0 aromatic carbocycles. The van der Waals surface area contributed by atoms with Gasteiger partial charge in [0.2, 0.25) is 5.91 Å². The summed E-state index contributed by atoms with van der Waals surface area (Å²) < 4.78 is 0. The number of aromatic nitrogens is 2. The maximum absolute atomic E-state index is 12.0. The van der Waals surface area contributed by atoms with Crippen molar-refractivity contribution in [2.75, 3.05) is 31.1 Å². The Bertz CT molecular complexity index is 838. The second-order valence-electron chi connectivity index (χ2n) is 7.97. The van der Waals surface area contributed by atoms with Gasteiger partial charge >= 0.3 is 0 Å². The highest BCUT2D eigenvalue weighted by atomic mass is 32.1. The lowest BCUT2D eigenvalue weighted by Crippen LogP contribution is -2.49. The van der Waals surface area contributed by atoms with E-state index in [9.17, 15) is 4.79 Å². The van der Waals surface area contributed by atoms with Crippen molar-refractivity contribution in [1.82, 2.24) is 14.9 Å². The number of hydrogen-bond acceptors (Lipinski definition) is 5. The zero-order valence-corrected chi connectivity index (χ0v) is 17.6. The molecule has 1 saturated heterocycles. The number of nitrogens with zero attached hydrogens (tertiary/aromatic N) is 4. The number of rotatable bonds is 4. The highest BCUT2D eigenvalue weighted by Crippen LogP contribution is 2.41. The minimum Gasteiger partial charge on any atom is -0.352 e. The Balaban J connectivity index is 1.71. The summed E-state index contributed by atoms with van der Waals surface area (Å²) in [6.45, 7) is 9.80. The van der Waals surface area contributed by atoms with Crippen LogP contribution in [0.25, 0.3) is 10.2 Å². The van der Waals surface area contributed by atoms with Gasteiger partial charge in [-0.2, -0.15) is 0 Å². The fraction of sp³-hybridized carbons (Fsp3) is 0.667. The van der Waals surface area contributed by atoms with E-state index in [4.69, 9.17) is 9.97 Å². The van der Waals surface area contributed by atoms with Crippen LogP contribution in [0.5, 0.6) is 0 Å². The van der Waals surface area contributed by atoms with Crippen LogP contribution in [0.2, 0.25) is 0 Å². The van der Waals surface area contributed by atoms with Crippen LogP contribution in [0, 0.1) is 5.92 Å². The van der Waals surface area contributed by atoms with Crippen LogP contribution < -0.4 is 4.90 Å². The first-order valence-corrected chi connectivity index (χ1v) is 11.3. The van der Waals surface area contributed by atoms with E-state index in [0.717, 1.165) is 63.0 Å². The summed E-state index contributed by atoms with van der Waals surface area (Å²) in [6.07, 6.45) is 6.16. The molecular weight excluding hydrogens is 356 g/mol. The van der Waals surface area contributed by atoms with Crippen LogP contribution in [0.1, 0.15) is 56.3 Å². The molecule has 0 bridgehead atoms.